The number of nitrogens with one attached hydrogen (secondary N) is 1. The molecule has 0 saturated heterocycles. The summed E-state index contributed by atoms with van der Waals surface area (Å²) in [6.45, 7) is 8.12. The number of halogens is 2. The highest BCUT2D eigenvalue weighted by Crippen LogP contribution is 2.35. The average Bonchev–Trinajstić information content (AvgIpc) is 2.71. The van der Waals surface area contributed by atoms with Gasteiger partial charge in [0, 0.05) is 12.2 Å². The van der Waals surface area contributed by atoms with Crippen LogP contribution in [0.1, 0.15) is 31.1 Å². The largest absolute Gasteiger partial charge is 0.323 e. The van der Waals surface area contributed by atoms with Crippen molar-refractivity contribution in [3.8, 4) is 0 Å². The highest BCUT2D eigenvalue weighted by Gasteiger charge is 2.13. The van der Waals surface area contributed by atoms with Gasteiger partial charge >= 0.3 is 0 Å². The first-order chi connectivity index (χ1) is 8.90. The van der Waals surface area contributed by atoms with Crippen LogP contribution in [0.15, 0.2) is 18.3 Å². The van der Waals surface area contributed by atoms with E-state index < -0.39 is 0 Å². The maximum Gasteiger partial charge on any atom is 0.207 e. The van der Waals surface area contributed by atoms with Crippen LogP contribution in [0.4, 0.5) is 11.6 Å². The zero-order valence-corrected chi connectivity index (χ0v) is 13.0. The summed E-state index contributed by atoms with van der Waals surface area (Å²) in [6.07, 6.45) is 2.00. The number of hydrogen-bond donors (Lipinski definition) is 1. The molecule has 1 N–H and O–H groups in total. The molecule has 2 aromatic rings. The second-order valence-electron chi connectivity index (χ2n) is 4.89. The minimum atomic E-state index is 0.311. The lowest BCUT2D eigenvalue weighted by Crippen LogP contribution is -2.06. The fourth-order valence-electron chi connectivity index (χ4n) is 1.89. The van der Waals surface area contributed by atoms with Crippen molar-refractivity contribution in [3.63, 3.8) is 0 Å². The van der Waals surface area contributed by atoms with E-state index in [2.05, 4.69) is 28.7 Å². The molecule has 0 spiro atoms. The number of anilines is 2. The Morgan fingerprint density at radius 3 is 2.53 bits per heavy atom. The molecule has 0 unspecified atom stereocenters. The number of hydrogen-bond acceptors (Lipinski definition) is 2. The van der Waals surface area contributed by atoms with Crippen molar-refractivity contribution in [2.24, 2.45) is 0 Å². The number of imidazole rings is 1. The monoisotopic (exact) mass is 297 g/mol. The van der Waals surface area contributed by atoms with E-state index in [1.165, 1.54) is 0 Å². The van der Waals surface area contributed by atoms with Crippen LogP contribution >= 0.6 is 23.2 Å². The Morgan fingerprint density at radius 2 is 1.89 bits per heavy atom. The lowest BCUT2D eigenvalue weighted by atomic mass is 10.2. The maximum atomic E-state index is 6.30. The van der Waals surface area contributed by atoms with Gasteiger partial charge in [-0.1, -0.05) is 29.3 Å². The van der Waals surface area contributed by atoms with Gasteiger partial charge in [0.05, 0.1) is 21.4 Å². The lowest BCUT2D eigenvalue weighted by molar-refractivity contribution is 0.607. The van der Waals surface area contributed by atoms with Crippen LogP contribution in [-0.4, -0.2) is 9.55 Å². The second-order valence-corrected chi connectivity index (χ2v) is 5.67. The van der Waals surface area contributed by atoms with Crippen molar-refractivity contribution in [3.05, 3.63) is 39.6 Å². The number of aromatic nitrogens is 2. The Kier molecular flexibility index (Phi) is 4.07. The van der Waals surface area contributed by atoms with Crippen molar-refractivity contribution in [2.45, 2.75) is 33.7 Å². The van der Waals surface area contributed by atoms with Crippen LogP contribution < -0.4 is 5.32 Å². The quantitative estimate of drug-likeness (QED) is 0.851. The Balaban J connectivity index is 2.44. The third kappa shape index (κ3) is 2.88. The van der Waals surface area contributed by atoms with Crippen LogP contribution in [0.25, 0.3) is 0 Å². The number of benzene rings is 1. The van der Waals surface area contributed by atoms with Crippen molar-refractivity contribution < 1.29 is 0 Å². The Morgan fingerprint density at radius 1 is 1.21 bits per heavy atom. The van der Waals surface area contributed by atoms with Gasteiger partial charge in [-0.2, -0.15) is 0 Å². The molecule has 1 aromatic carbocycles. The summed E-state index contributed by atoms with van der Waals surface area (Å²) in [5, 5.41) is 4.46. The molecule has 0 radical (unpaired) electrons. The van der Waals surface area contributed by atoms with E-state index in [0.717, 1.165) is 17.2 Å². The molecule has 0 aliphatic heterocycles. The fraction of sp³-hybridized carbons (Fsp3) is 0.357. The zero-order chi connectivity index (χ0) is 14.2. The first-order valence-corrected chi connectivity index (χ1v) is 6.93. The molecular weight excluding hydrogens is 281 g/mol. The van der Waals surface area contributed by atoms with Crippen LogP contribution in [0.5, 0.6) is 0 Å². The fourth-order valence-corrected chi connectivity index (χ4v) is 2.35. The van der Waals surface area contributed by atoms with E-state index in [-0.39, 0.29) is 0 Å². The van der Waals surface area contributed by atoms with E-state index in [0.29, 0.717) is 21.8 Å². The van der Waals surface area contributed by atoms with Gasteiger partial charge in [-0.3, -0.25) is 0 Å². The van der Waals surface area contributed by atoms with Crippen LogP contribution in [0.2, 0.25) is 10.0 Å². The molecule has 0 saturated carbocycles. The molecule has 1 aromatic heterocycles. The Bertz CT molecular complexity index is 603. The van der Waals surface area contributed by atoms with Gasteiger partial charge < -0.3 is 9.88 Å². The average molecular weight is 298 g/mol. The molecular formula is C14H17Cl2N3. The summed E-state index contributed by atoms with van der Waals surface area (Å²) < 4.78 is 2.06. The first-order valence-electron chi connectivity index (χ1n) is 6.17. The highest BCUT2D eigenvalue weighted by molar-refractivity contribution is 6.39. The van der Waals surface area contributed by atoms with E-state index >= 15 is 0 Å². The van der Waals surface area contributed by atoms with Crippen LogP contribution in [0.3, 0.4) is 0 Å². The maximum absolute atomic E-state index is 6.30. The molecule has 2 rings (SSSR count). The molecule has 0 aliphatic carbocycles. The summed E-state index contributed by atoms with van der Waals surface area (Å²) >= 11 is 12.5. The summed E-state index contributed by atoms with van der Waals surface area (Å²) in [7, 11) is 0. The van der Waals surface area contributed by atoms with Crippen molar-refractivity contribution in [1.82, 2.24) is 9.55 Å². The van der Waals surface area contributed by atoms with Crippen LogP contribution in [-0.2, 0) is 0 Å². The Labute approximate surface area is 123 Å². The molecule has 0 amide bonds. The third-order valence-electron chi connectivity index (χ3n) is 2.93. The van der Waals surface area contributed by atoms with E-state index in [1.807, 2.05) is 32.2 Å². The van der Waals surface area contributed by atoms with Gasteiger partial charge in [-0.05, 0) is 39.3 Å². The number of aryl methyl sites for hydroxylation is 2. The van der Waals surface area contributed by atoms with Gasteiger partial charge in [0.2, 0.25) is 5.95 Å². The van der Waals surface area contributed by atoms with Crippen LogP contribution in [0, 0.1) is 13.8 Å². The molecule has 1 heterocycles. The highest BCUT2D eigenvalue weighted by atomic mass is 35.5. The van der Waals surface area contributed by atoms with E-state index in [4.69, 9.17) is 23.2 Å². The summed E-state index contributed by atoms with van der Waals surface area (Å²) in [4.78, 5) is 4.47. The molecule has 0 fully saturated rings. The van der Waals surface area contributed by atoms with Gasteiger partial charge in [0.25, 0.3) is 0 Å². The van der Waals surface area contributed by atoms with E-state index in [1.54, 1.807) is 0 Å². The molecule has 102 valence electrons. The van der Waals surface area contributed by atoms with E-state index in [9.17, 15) is 0 Å². The van der Waals surface area contributed by atoms with Gasteiger partial charge in [-0.15, -0.1) is 0 Å². The topological polar surface area (TPSA) is 29.9 Å². The molecule has 0 aliphatic rings. The second kappa shape index (κ2) is 5.43. The van der Waals surface area contributed by atoms with Crippen molar-refractivity contribution in [1.29, 1.82) is 0 Å². The Hall–Kier alpha value is -1.19. The minimum Gasteiger partial charge on any atom is -0.323 e. The predicted molar refractivity (Wildman–Crippen MR) is 81.8 cm³/mol. The normalized spacial score (nSPS) is 11.1. The summed E-state index contributed by atoms with van der Waals surface area (Å²) in [5.41, 5.74) is 2.64. The van der Waals surface area contributed by atoms with Crippen molar-refractivity contribution >= 4 is 34.8 Å². The van der Waals surface area contributed by atoms with Gasteiger partial charge in [0.1, 0.15) is 0 Å². The number of nitrogens with zero attached hydrogens (tertiary/aromatic N) is 2. The molecule has 19 heavy (non-hydrogen) atoms. The SMILES string of the molecule is Cc1cn(C(C)C)c(Nc2c(Cl)ccc(C)c2Cl)n1. The summed E-state index contributed by atoms with van der Waals surface area (Å²) in [5.74, 6) is 0.752. The standard InChI is InChI=1S/C14H17Cl2N3/c1-8(2)19-7-10(4)17-14(19)18-13-11(15)6-5-9(3)12(13)16/h5-8H,1-4H3,(H,17,18). The molecule has 3 nitrogen and oxygen atoms in total. The summed E-state index contributed by atoms with van der Waals surface area (Å²) in [6, 6.07) is 4.04. The molecule has 0 bridgehead atoms. The molecule has 0 atom stereocenters. The molecule has 5 heteroatoms. The number of rotatable bonds is 3. The predicted octanol–water partition coefficient (Wildman–Crippen LogP) is 5.13. The zero-order valence-electron chi connectivity index (χ0n) is 11.5. The first kappa shape index (κ1) is 14.2. The smallest absolute Gasteiger partial charge is 0.207 e. The lowest BCUT2D eigenvalue weighted by Gasteiger charge is -2.15. The van der Waals surface area contributed by atoms with Gasteiger partial charge in [0.15, 0.2) is 0 Å². The minimum absolute atomic E-state index is 0.311. The van der Waals surface area contributed by atoms with Gasteiger partial charge in [-0.25, -0.2) is 4.98 Å². The third-order valence-corrected chi connectivity index (χ3v) is 3.73. The van der Waals surface area contributed by atoms with Crippen molar-refractivity contribution in [2.75, 3.05) is 5.32 Å².